The molecule has 0 spiro atoms. The van der Waals surface area contributed by atoms with Gasteiger partial charge in [0.05, 0.1) is 6.54 Å². The van der Waals surface area contributed by atoms with Crippen LogP contribution in [0.2, 0.25) is 0 Å². The van der Waals surface area contributed by atoms with Crippen molar-refractivity contribution in [2.45, 2.75) is 25.3 Å². The lowest BCUT2D eigenvalue weighted by molar-refractivity contribution is -0.134. The van der Waals surface area contributed by atoms with E-state index < -0.39 is 17.5 Å². The van der Waals surface area contributed by atoms with Crippen LogP contribution < -0.4 is 15.4 Å². The number of benzene rings is 2. The van der Waals surface area contributed by atoms with E-state index in [9.17, 15) is 14.4 Å². The third-order valence-corrected chi connectivity index (χ3v) is 4.84. The molecule has 0 unspecified atom stereocenters. The van der Waals surface area contributed by atoms with Crippen molar-refractivity contribution in [3.05, 3.63) is 66.2 Å². The fourth-order valence-corrected chi connectivity index (χ4v) is 3.17. The predicted molar refractivity (Wildman–Crippen MR) is 108 cm³/mol. The van der Waals surface area contributed by atoms with Gasteiger partial charge in [0.2, 0.25) is 5.91 Å². The van der Waals surface area contributed by atoms with Gasteiger partial charge in [0.15, 0.2) is 0 Å². The molecule has 1 fully saturated rings. The number of carbonyl (C=O) groups is 3. The Morgan fingerprint density at radius 3 is 2.41 bits per heavy atom. The summed E-state index contributed by atoms with van der Waals surface area (Å²) in [5.74, 6) is -0.0726. The Morgan fingerprint density at radius 1 is 1.07 bits per heavy atom. The van der Waals surface area contributed by atoms with Crippen LogP contribution in [0.1, 0.15) is 18.9 Å². The summed E-state index contributed by atoms with van der Waals surface area (Å²) in [7, 11) is 0. The number of para-hydroxylation sites is 1. The number of amides is 4. The van der Waals surface area contributed by atoms with Gasteiger partial charge in [0.1, 0.15) is 24.4 Å². The van der Waals surface area contributed by atoms with E-state index in [4.69, 9.17) is 4.74 Å². The molecule has 0 saturated carbocycles. The Balaban J connectivity index is 1.45. The molecule has 7 heteroatoms. The average Bonchev–Trinajstić information content (AvgIpc) is 2.95. The molecule has 29 heavy (non-hydrogen) atoms. The average molecular weight is 395 g/mol. The first-order valence-electron chi connectivity index (χ1n) is 9.60. The van der Waals surface area contributed by atoms with Crippen LogP contribution in [0.25, 0.3) is 0 Å². The third kappa shape index (κ3) is 5.34. The zero-order chi connectivity index (χ0) is 20.7. The lowest BCUT2D eigenvalue weighted by Crippen LogP contribution is -2.45. The van der Waals surface area contributed by atoms with E-state index in [1.54, 1.807) is 6.92 Å². The maximum atomic E-state index is 12.7. The highest BCUT2D eigenvalue weighted by atomic mass is 16.5. The largest absolute Gasteiger partial charge is 0.492 e. The number of imide groups is 1. The molecule has 3 rings (SSSR count). The second-order valence-electron chi connectivity index (χ2n) is 7.15. The molecule has 2 aromatic carbocycles. The van der Waals surface area contributed by atoms with Gasteiger partial charge in [-0.05, 0) is 37.5 Å². The van der Waals surface area contributed by atoms with Crippen molar-refractivity contribution in [3.63, 3.8) is 0 Å². The lowest BCUT2D eigenvalue weighted by atomic mass is 9.93. The number of aryl methyl sites for hydroxylation is 1. The number of nitrogens with one attached hydrogen (secondary N) is 2. The Kier molecular flexibility index (Phi) is 6.49. The van der Waals surface area contributed by atoms with E-state index >= 15 is 0 Å². The minimum atomic E-state index is -1.01. The zero-order valence-corrected chi connectivity index (χ0v) is 16.4. The van der Waals surface area contributed by atoms with E-state index in [0.29, 0.717) is 25.2 Å². The molecular formula is C22H25N3O4. The van der Waals surface area contributed by atoms with Crippen LogP contribution in [0.3, 0.4) is 0 Å². The molecule has 1 heterocycles. The summed E-state index contributed by atoms with van der Waals surface area (Å²) >= 11 is 0. The molecule has 1 atom stereocenters. The smallest absolute Gasteiger partial charge is 0.325 e. The van der Waals surface area contributed by atoms with Gasteiger partial charge in [-0.2, -0.15) is 0 Å². The van der Waals surface area contributed by atoms with Gasteiger partial charge in [-0.15, -0.1) is 0 Å². The molecule has 4 amide bonds. The highest BCUT2D eigenvalue weighted by Gasteiger charge is 2.47. The number of hydrogen-bond acceptors (Lipinski definition) is 4. The Bertz CT molecular complexity index is 857. The summed E-state index contributed by atoms with van der Waals surface area (Å²) in [4.78, 5) is 38.1. The molecule has 1 saturated heterocycles. The number of hydrogen-bond donors (Lipinski definition) is 2. The van der Waals surface area contributed by atoms with Crippen LogP contribution in [0.4, 0.5) is 4.79 Å². The highest BCUT2D eigenvalue weighted by Crippen LogP contribution is 2.23. The predicted octanol–water partition coefficient (Wildman–Crippen LogP) is 2.12. The highest BCUT2D eigenvalue weighted by molar-refractivity contribution is 6.08. The Labute approximate surface area is 170 Å². The van der Waals surface area contributed by atoms with E-state index in [0.717, 1.165) is 10.5 Å². The number of rotatable bonds is 9. The standard InChI is InChI=1S/C22H25N3O4/c1-22(13-12-17-8-4-2-5-9-17)20(27)25(21(28)24-22)16-19(26)23-14-15-29-18-10-6-3-7-11-18/h2-11H,12-16H2,1H3,(H,23,26)(H,24,28)/t22-/m0/s1. The van der Waals surface area contributed by atoms with E-state index in [-0.39, 0.29) is 19.0 Å². The summed E-state index contributed by atoms with van der Waals surface area (Å²) in [5.41, 5.74) is 0.0780. The summed E-state index contributed by atoms with van der Waals surface area (Å²) in [6.07, 6.45) is 1.12. The van der Waals surface area contributed by atoms with Crippen molar-refractivity contribution in [2.75, 3.05) is 19.7 Å². The summed E-state index contributed by atoms with van der Waals surface area (Å²) in [6, 6.07) is 18.5. The number of ether oxygens (including phenoxy) is 1. The molecule has 0 aromatic heterocycles. The van der Waals surface area contributed by atoms with Gasteiger partial charge >= 0.3 is 6.03 Å². The summed E-state index contributed by atoms with van der Waals surface area (Å²) < 4.78 is 5.50. The van der Waals surface area contributed by atoms with Crippen LogP contribution in [0.15, 0.2) is 60.7 Å². The van der Waals surface area contributed by atoms with E-state index in [1.165, 1.54) is 0 Å². The van der Waals surface area contributed by atoms with Crippen molar-refractivity contribution < 1.29 is 19.1 Å². The molecule has 0 aliphatic carbocycles. The van der Waals surface area contributed by atoms with Crippen LogP contribution in [-0.4, -0.2) is 48.0 Å². The molecule has 2 N–H and O–H groups in total. The van der Waals surface area contributed by atoms with Gasteiger partial charge in [-0.25, -0.2) is 4.79 Å². The maximum Gasteiger partial charge on any atom is 0.325 e. The molecule has 1 aliphatic rings. The first kappa shape index (κ1) is 20.4. The minimum Gasteiger partial charge on any atom is -0.492 e. The zero-order valence-electron chi connectivity index (χ0n) is 16.4. The molecule has 0 radical (unpaired) electrons. The Morgan fingerprint density at radius 2 is 1.72 bits per heavy atom. The quantitative estimate of drug-likeness (QED) is 0.503. The number of carbonyl (C=O) groups excluding carboxylic acids is 3. The van der Waals surface area contributed by atoms with Crippen LogP contribution in [-0.2, 0) is 16.0 Å². The molecule has 1 aliphatic heterocycles. The van der Waals surface area contributed by atoms with Crippen LogP contribution in [0.5, 0.6) is 5.75 Å². The third-order valence-electron chi connectivity index (χ3n) is 4.84. The molecule has 7 nitrogen and oxygen atoms in total. The first-order valence-corrected chi connectivity index (χ1v) is 9.60. The summed E-state index contributed by atoms with van der Waals surface area (Å²) in [6.45, 7) is 1.96. The fourth-order valence-electron chi connectivity index (χ4n) is 3.17. The lowest BCUT2D eigenvalue weighted by Gasteiger charge is -2.21. The van der Waals surface area contributed by atoms with E-state index in [1.807, 2.05) is 60.7 Å². The van der Waals surface area contributed by atoms with Gasteiger partial charge in [-0.1, -0.05) is 48.5 Å². The normalized spacial score (nSPS) is 18.4. The van der Waals surface area contributed by atoms with Crippen molar-refractivity contribution in [1.29, 1.82) is 0 Å². The van der Waals surface area contributed by atoms with Gasteiger partial charge in [-0.3, -0.25) is 14.5 Å². The van der Waals surface area contributed by atoms with Gasteiger partial charge in [0.25, 0.3) is 5.91 Å². The van der Waals surface area contributed by atoms with Crippen molar-refractivity contribution in [2.24, 2.45) is 0 Å². The van der Waals surface area contributed by atoms with Crippen molar-refractivity contribution in [1.82, 2.24) is 15.5 Å². The first-order chi connectivity index (χ1) is 14.0. The maximum absolute atomic E-state index is 12.7. The Hall–Kier alpha value is -3.35. The number of nitrogens with zero attached hydrogens (tertiary/aromatic N) is 1. The summed E-state index contributed by atoms with van der Waals surface area (Å²) in [5, 5.41) is 5.40. The molecular weight excluding hydrogens is 370 g/mol. The fraction of sp³-hybridized carbons (Fsp3) is 0.318. The van der Waals surface area contributed by atoms with Gasteiger partial charge in [0, 0.05) is 0 Å². The van der Waals surface area contributed by atoms with Crippen molar-refractivity contribution >= 4 is 17.8 Å². The second-order valence-corrected chi connectivity index (χ2v) is 7.15. The number of urea groups is 1. The van der Waals surface area contributed by atoms with Crippen molar-refractivity contribution in [3.8, 4) is 5.75 Å². The monoisotopic (exact) mass is 395 g/mol. The van der Waals surface area contributed by atoms with Crippen LogP contribution >= 0.6 is 0 Å². The van der Waals surface area contributed by atoms with E-state index in [2.05, 4.69) is 10.6 Å². The minimum absolute atomic E-state index is 0.280. The van der Waals surface area contributed by atoms with Gasteiger partial charge < -0.3 is 15.4 Å². The molecule has 2 aromatic rings. The molecule has 0 bridgehead atoms. The molecule has 152 valence electrons. The van der Waals surface area contributed by atoms with Crippen LogP contribution in [0, 0.1) is 0 Å². The topological polar surface area (TPSA) is 87.7 Å². The SMILES string of the molecule is C[C@@]1(CCc2ccccc2)NC(=O)N(CC(=O)NCCOc2ccccc2)C1=O. The second kappa shape index (κ2) is 9.23.